The van der Waals surface area contributed by atoms with Gasteiger partial charge in [-0.1, -0.05) is 0 Å². The lowest BCUT2D eigenvalue weighted by Gasteiger charge is -2.09. The summed E-state index contributed by atoms with van der Waals surface area (Å²) in [6, 6.07) is 3.58. The molecule has 1 aromatic rings. The van der Waals surface area contributed by atoms with Gasteiger partial charge >= 0.3 is 5.97 Å². The van der Waals surface area contributed by atoms with Crippen LogP contribution in [0.2, 0.25) is 0 Å². The van der Waals surface area contributed by atoms with Gasteiger partial charge < -0.3 is 14.6 Å². The van der Waals surface area contributed by atoms with Crippen LogP contribution in [-0.4, -0.2) is 39.8 Å². The van der Waals surface area contributed by atoms with Crippen molar-refractivity contribution in [3.63, 3.8) is 0 Å². The molecule has 3 N–H and O–H groups in total. The smallest absolute Gasteiger partial charge is 0.342 e. The maximum absolute atomic E-state index is 11.6. The minimum Gasteiger partial charge on any atom is -0.496 e. The molecule has 0 spiro atoms. The van der Waals surface area contributed by atoms with E-state index in [9.17, 15) is 13.2 Å². The fourth-order valence-electron chi connectivity index (χ4n) is 1.24. The lowest BCUT2D eigenvalue weighted by Crippen LogP contribution is -2.15. The van der Waals surface area contributed by atoms with E-state index in [1.807, 2.05) is 0 Å². The highest BCUT2D eigenvalue weighted by Gasteiger charge is 2.18. The monoisotopic (exact) mass is 275 g/mol. The molecule has 0 bridgehead atoms. The van der Waals surface area contributed by atoms with E-state index in [1.165, 1.54) is 19.2 Å². The molecule has 0 unspecified atom stereocenters. The Hall–Kier alpha value is -1.64. The first-order chi connectivity index (χ1) is 8.40. The Balaban J connectivity index is 3.18. The summed E-state index contributed by atoms with van der Waals surface area (Å²) in [5, 5.41) is 13.5. The van der Waals surface area contributed by atoms with E-state index in [2.05, 4.69) is 4.74 Å². The quantitative estimate of drug-likeness (QED) is 0.699. The van der Waals surface area contributed by atoms with Gasteiger partial charge in [-0.05, 0) is 18.2 Å². The minimum atomic E-state index is -3.92. The van der Waals surface area contributed by atoms with E-state index in [-0.39, 0.29) is 29.4 Å². The molecule has 0 heterocycles. The molecule has 18 heavy (non-hydrogen) atoms. The highest BCUT2D eigenvalue weighted by atomic mass is 32.2. The molecule has 0 aliphatic heterocycles. The Bertz CT molecular complexity index is 539. The molecule has 100 valence electrons. The van der Waals surface area contributed by atoms with Crippen molar-refractivity contribution in [2.24, 2.45) is 5.14 Å². The SMILES string of the molecule is COc1ccc(S(N)(=O)=O)cc1C(=O)OCCO. The largest absolute Gasteiger partial charge is 0.496 e. The topological polar surface area (TPSA) is 116 Å². The van der Waals surface area contributed by atoms with E-state index in [0.29, 0.717) is 0 Å². The van der Waals surface area contributed by atoms with Crippen molar-refractivity contribution in [2.45, 2.75) is 4.90 Å². The van der Waals surface area contributed by atoms with Gasteiger partial charge in [0, 0.05) is 0 Å². The highest BCUT2D eigenvalue weighted by molar-refractivity contribution is 7.89. The predicted octanol–water partition coefficient (Wildman–Crippen LogP) is -0.508. The van der Waals surface area contributed by atoms with Gasteiger partial charge in [-0.2, -0.15) is 0 Å². The molecule has 8 heteroatoms. The van der Waals surface area contributed by atoms with Crippen molar-refractivity contribution in [3.8, 4) is 5.75 Å². The molecule has 7 nitrogen and oxygen atoms in total. The summed E-state index contributed by atoms with van der Waals surface area (Å²) in [7, 11) is -2.59. The Morgan fingerprint density at radius 1 is 1.44 bits per heavy atom. The van der Waals surface area contributed by atoms with Crippen molar-refractivity contribution >= 4 is 16.0 Å². The fourth-order valence-corrected chi connectivity index (χ4v) is 1.78. The fraction of sp³-hybridized carbons (Fsp3) is 0.300. The third-order valence-corrected chi connectivity index (χ3v) is 2.95. The van der Waals surface area contributed by atoms with Gasteiger partial charge in [0.05, 0.1) is 18.6 Å². The zero-order chi connectivity index (χ0) is 13.8. The first-order valence-corrected chi connectivity index (χ1v) is 6.43. The van der Waals surface area contributed by atoms with E-state index >= 15 is 0 Å². The van der Waals surface area contributed by atoms with Crippen LogP contribution in [0.25, 0.3) is 0 Å². The third kappa shape index (κ3) is 3.42. The molecule has 0 aliphatic rings. The molecule has 0 amide bonds. The van der Waals surface area contributed by atoms with Crippen molar-refractivity contribution in [1.29, 1.82) is 0 Å². The standard InChI is InChI=1S/C10H13NO6S/c1-16-9-3-2-7(18(11,14)15)6-8(9)10(13)17-5-4-12/h2-3,6,12H,4-5H2,1H3,(H2,11,14,15). The van der Waals surface area contributed by atoms with E-state index in [0.717, 1.165) is 6.07 Å². The van der Waals surface area contributed by atoms with Gasteiger partial charge in [0.2, 0.25) is 10.0 Å². The summed E-state index contributed by atoms with van der Waals surface area (Å²) in [4.78, 5) is 11.4. The van der Waals surface area contributed by atoms with Crippen LogP contribution in [0.4, 0.5) is 0 Å². The van der Waals surface area contributed by atoms with Gasteiger partial charge in [-0.15, -0.1) is 0 Å². The molecule has 0 radical (unpaired) electrons. The Morgan fingerprint density at radius 2 is 2.11 bits per heavy atom. The average molecular weight is 275 g/mol. The number of esters is 1. The molecule has 0 saturated heterocycles. The summed E-state index contributed by atoms with van der Waals surface area (Å²) in [5.74, 6) is -0.642. The first-order valence-electron chi connectivity index (χ1n) is 4.89. The van der Waals surface area contributed by atoms with Crippen LogP contribution >= 0.6 is 0 Å². The van der Waals surface area contributed by atoms with Crippen LogP contribution in [0.1, 0.15) is 10.4 Å². The van der Waals surface area contributed by atoms with Crippen molar-refractivity contribution in [3.05, 3.63) is 23.8 Å². The first kappa shape index (κ1) is 14.4. The van der Waals surface area contributed by atoms with Gasteiger partial charge in [-0.3, -0.25) is 0 Å². The zero-order valence-electron chi connectivity index (χ0n) is 9.62. The number of aliphatic hydroxyl groups excluding tert-OH is 1. The predicted molar refractivity (Wildman–Crippen MR) is 61.7 cm³/mol. The normalized spacial score (nSPS) is 11.1. The number of benzene rings is 1. The Morgan fingerprint density at radius 3 is 2.61 bits per heavy atom. The summed E-state index contributed by atoms with van der Waals surface area (Å²) in [6.07, 6.45) is 0. The van der Waals surface area contributed by atoms with Crippen LogP contribution in [0, 0.1) is 0 Å². The molecule has 0 aliphatic carbocycles. The number of methoxy groups -OCH3 is 1. The molecule has 1 rings (SSSR count). The Labute approximate surface area is 104 Å². The number of carbonyl (C=O) groups is 1. The van der Waals surface area contributed by atoms with E-state index in [1.54, 1.807) is 0 Å². The number of ether oxygens (including phenoxy) is 2. The zero-order valence-corrected chi connectivity index (χ0v) is 10.4. The Kier molecular flexibility index (Phi) is 4.65. The van der Waals surface area contributed by atoms with Crippen LogP contribution in [0.5, 0.6) is 5.75 Å². The van der Waals surface area contributed by atoms with Crippen LogP contribution in [0.3, 0.4) is 0 Å². The maximum Gasteiger partial charge on any atom is 0.342 e. The molecule has 0 saturated carbocycles. The number of hydrogen-bond acceptors (Lipinski definition) is 6. The summed E-state index contributed by atoms with van der Waals surface area (Å²) in [6.45, 7) is -0.523. The second kappa shape index (κ2) is 5.80. The van der Waals surface area contributed by atoms with Crippen molar-refractivity contribution in [2.75, 3.05) is 20.3 Å². The number of primary sulfonamides is 1. The minimum absolute atomic E-state index is 0.0718. The van der Waals surface area contributed by atoms with Crippen LogP contribution in [0.15, 0.2) is 23.1 Å². The number of sulfonamides is 1. The van der Waals surface area contributed by atoms with E-state index < -0.39 is 16.0 Å². The lowest BCUT2D eigenvalue weighted by atomic mass is 10.2. The van der Waals surface area contributed by atoms with Crippen molar-refractivity contribution < 1.29 is 27.8 Å². The van der Waals surface area contributed by atoms with Gasteiger partial charge in [0.15, 0.2) is 0 Å². The number of nitrogens with two attached hydrogens (primary N) is 1. The van der Waals surface area contributed by atoms with Crippen molar-refractivity contribution in [1.82, 2.24) is 0 Å². The second-order valence-electron chi connectivity index (χ2n) is 3.27. The maximum atomic E-state index is 11.6. The number of hydrogen-bond donors (Lipinski definition) is 2. The number of carbonyl (C=O) groups excluding carboxylic acids is 1. The van der Waals surface area contributed by atoms with Gasteiger partial charge in [0.25, 0.3) is 0 Å². The number of rotatable bonds is 5. The third-order valence-electron chi connectivity index (χ3n) is 2.04. The van der Waals surface area contributed by atoms with Gasteiger partial charge in [0.1, 0.15) is 17.9 Å². The molecular formula is C10H13NO6S. The molecule has 0 fully saturated rings. The van der Waals surface area contributed by atoms with E-state index in [4.69, 9.17) is 15.0 Å². The number of aliphatic hydroxyl groups is 1. The van der Waals surface area contributed by atoms with Crippen LogP contribution < -0.4 is 9.88 Å². The molecule has 0 atom stereocenters. The molecular weight excluding hydrogens is 262 g/mol. The summed E-state index contributed by atoms with van der Waals surface area (Å²) in [5.41, 5.74) is -0.0718. The summed E-state index contributed by atoms with van der Waals surface area (Å²) >= 11 is 0. The summed E-state index contributed by atoms with van der Waals surface area (Å²) < 4.78 is 31.9. The molecule has 1 aromatic carbocycles. The van der Waals surface area contributed by atoms with Crippen LogP contribution in [-0.2, 0) is 14.8 Å². The second-order valence-corrected chi connectivity index (χ2v) is 4.83. The van der Waals surface area contributed by atoms with Gasteiger partial charge in [-0.25, -0.2) is 18.4 Å². The molecule has 0 aromatic heterocycles. The lowest BCUT2D eigenvalue weighted by molar-refractivity contribution is 0.0430. The average Bonchev–Trinajstić information content (AvgIpc) is 2.34. The highest BCUT2D eigenvalue weighted by Crippen LogP contribution is 2.22.